The first-order valence-corrected chi connectivity index (χ1v) is 8.66. The van der Waals surface area contributed by atoms with Crippen LogP contribution >= 0.6 is 0 Å². The van der Waals surface area contributed by atoms with Crippen LogP contribution in [0.5, 0.6) is 0 Å². The number of amides is 2. The largest absolute Gasteiger partial charge is 0.452 e. The molecule has 7 heteroatoms. The lowest BCUT2D eigenvalue weighted by Crippen LogP contribution is -2.40. The van der Waals surface area contributed by atoms with Crippen molar-refractivity contribution < 1.29 is 23.9 Å². The number of likely N-dealkylation sites (N-methyl/N-ethyl adjacent to an activating group) is 1. The molecule has 0 radical (unpaired) electrons. The topological polar surface area (TPSA) is 84.9 Å². The van der Waals surface area contributed by atoms with Crippen molar-refractivity contribution in [3.63, 3.8) is 0 Å². The van der Waals surface area contributed by atoms with Gasteiger partial charge in [0.15, 0.2) is 6.10 Å². The smallest absolute Gasteiger partial charge is 0.407 e. The maximum absolute atomic E-state index is 12.5. The Morgan fingerprint density at radius 3 is 2.31 bits per heavy atom. The molecule has 0 aromatic heterocycles. The molecule has 1 rings (SSSR count). The fourth-order valence-corrected chi connectivity index (χ4v) is 2.18. The quantitative estimate of drug-likeness (QED) is 0.752. The highest BCUT2D eigenvalue weighted by molar-refractivity contribution is 5.97. The lowest BCUT2D eigenvalue weighted by Gasteiger charge is -2.24. The number of ether oxygens (including phenoxy) is 2. The zero-order valence-corrected chi connectivity index (χ0v) is 16.1. The zero-order chi connectivity index (χ0) is 19.7. The van der Waals surface area contributed by atoms with Gasteiger partial charge in [-0.25, -0.2) is 4.79 Å². The third-order valence-electron chi connectivity index (χ3n) is 3.30. The van der Waals surface area contributed by atoms with Crippen molar-refractivity contribution in [2.75, 3.05) is 18.0 Å². The molecule has 0 saturated heterocycles. The first-order valence-electron chi connectivity index (χ1n) is 8.66. The monoisotopic (exact) mass is 364 g/mol. The average molecular weight is 364 g/mol. The van der Waals surface area contributed by atoms with Crippen LogP contribution in [0, 0.1) is 0 Å². The molecule has 0 fully saturated rings. The van der Waals surface area contributed by atoms with Crippen LogP contribution in [0.2, 0.25) is 0 Å². The highest BCUT2D eigenvalue weighted by atomic mass is 16.6. The summed E-state index contributed by atoms with van der Waals surface area (Å²) >= 11 is 0. The van der Waals surface area contributed by atoms with Crippen LogP contribution < -0.4 is 10.2 Å². The van der Waals surface area contributed by atoms with Crippen LogP contribution in [0.25, 0.3) is 0 Å². The van der Waals surface area contributed by atoms with Crippen LogP contribution in [-0.4, -0.2) is 42.8 Å². The predicted molar refractivity (Wildman–Crippen MR) is 98.9 cm³/mol. The molecule has 1 aromatic carbocycles. The SMILES string of the molecule is CCN(C(=O)[C@H](C)OC(=O)CCNC(=O)OC(C)(C)C)c1ccccc1. The second-order valence-electron chi connectivity index (χ2n) is 6.73. The van der Waals surface area contributed by atoms with Gasteiger partial charge in [0.05, 0.1) is 6.42 Å². The number of anilines is 1. The summed E-state index contributed by atoms with van der Waals surface area (Å²) < 4.78 is 10.2. The van der Waals surface area contributed by atoms with Gasteiger partial charge in [-0.3, -0.25) is 9.59 Å². The molecule has 0 bridgehead atoms. The number of rotatable bonds is 7. The van der Waals surface area contributed by atoms with Gasteiger partial charge in [0.1, 0.15) is 5.60 Å². The summed E-state index contributed by atoms with van der Waals surface area (Å²) in [6, 6.07) is 9.18. The number of benzene rings is 1. The Morgan fingerprint density at radius 2 is 1.77 bits per heavy atom. The molecule has 1 atom stereocenters. The Balaban J connectivity index is 2.46. The average Bonchev–Trinajstić information content (AvgIpc) is 2.54. The van der Waals surface area contributed by atoms with Crippen LogP contribution in [0.4, 0.5) is 10.5 Å². The van der Waals surface area contributed by atoms with E-state index in [0.717, 1.165) is 5.69 Å². The van der Waals surface area contributed by atoms with E-state index in [4.69, 9.17) is 9.47 Å². The van der Waals surface area contributed by atoms with Gasteiger partial charge in [-0.05, 0) is 46.8 Å². The highest BCUT2D eigenvalue weighted by Gasteiger charge is 2.24. The summed E-state index contributed by atoms with van der Waals surface area (Å²) in [7, 11) is 0. The van der Waals surface area contributed by atoms with Crippen molar-refractivity contribution in [2.45, 2.75) is 52.7 Å². The Morgan fingerprint density at radius 1 is 1.15 bits per heavy atom. The van der Waals surface area contributed by atoms with Crippen molar-refractivity contribution in [2.24, 2.45) is 0 Å². The predicted octanol–water partition coefficient (Wildman–Crippen LogP) is 2.89. The molecule has 0 aliphatic carbocycles. The Kier molecular flexibility index (Phi) is 8.09. The molecule has 0 aliphatic rings. The molecular formula is C19H28N2O5. The van der Waals surface area contributed by atoms with E-state index < -0.39 is 23.8 Å². The van der Waals surface area contributed by atoms with E-state index in [1.807, 2.05) is 37.3 Å². The molecule has 0 spiro atoms. The molecule has 1 N–H and O–H groups in total. The number of nitrogens with zero attached hydrogens (tertiary/aromatic N) is 1. The fraction of sp³-hybridized carbons (Fsp3) is 0.526. The summed E-state index contributed by atoms with van der Waals surface area (Å²) in [6.45, 7) is 9.17. The standard InChI is InChI=1S/C19H28N2O5/c1-6-21(15-10-8-7-9-11-15)17(23)14(2)25-16(22)12-13-20-18(24)26-19(3,4)5/h7-11,14H,6,12-13H2,1-5H3,(H,20,24)/t14-/m0/s1. The van der Waals surface area contributed by atoms with Crippen LogP contribution in [0.1, 0.15) is 41.0 Å². The summed E-state index contributed by atoms with van der Waals surface area (Å²) in [4.78, 5) is 37.5. The maximum Gasteiger partial charge on any atom is 0.407 e. The van der Waals surface area contributed by atoms with Gasteiger partial charge in [0.2, 0.25) is 0 Å². The Labute approximate surface area is 154 Å². The molecule has 0 heterocycles. The summed E-state index contributed by atoms with van der Waals surface area (Å²) in [6.07, 6.45) is -1.56. The zero-order valence-electron chi connectivity index (χ0n) is 16.1. The van der Waals surface area contributed by atoms with Gasteiger partial charge in [0.25, 0.3) is 5.91 Å². The minimum absolute atomic E-state index is 0.0473. The number of carbonyl (C=O) groups excluding carboxylic acids is 3. The normalized spacial score (nSPS) is 12.0. The number of carbonyl (C=O) groups is 3. The van der Waals surface area contributed by atoms with E-state index in [1.165, 1.54) is 6.92 Å². The molecule has 0 aliphatic heterocycles. The van der Waals surface area contributed by atoms with Gasteiger partial charge in [-0.2, -0.15) is 0 Å². The van der Waals surface area contributed by atoms with Crippen molar-refractivity contribution >= 4 is 23.7 Å². The van der Waals surface area contributed by atoms with Gasteiger partial charge in [-0.1, -0.05) is 18.2 Å². The first-order chi connectivity index (χ1) is 12.1. The number of para-hydroxylation sites is 1. The van der Waals surface area contributed by atoms with Crippen molar-refractivity contribution in [3.05, 3.63) is 30.3 Å². The van der Waals surface area contributed by atoms with Crippen LogP contribution in [0.3, 0.4) is 0 Å². The minimum Gasteiger partial charge on any atom is -0.452 e. The minimum atomic E-state index is -0.913. The van der Waals surface area contributed by atoms with Gasteiger partial charge >= 0.3 is 12.1 Å². The number of esters is 1. The number of hydrogen-bond acceptors (Lipinski definition) is 5. The summed E-state index contributed by atoms with van der Waals surface area (Å²) in [5, 5.41) is 2.48. The number of hydrogen-bond donors (Lipinski definition) is 1. The summed E-state index contributed by atoms with van der Waals surface area (Å²) in [5.74, 6) is -0.863. The maximum atomic E-state index is 12.5. The Bertz CT molecular complexity index is 610. The fourth-order valence-electron chi connectivity index (χ4n) is 2.18. The second-order valence-corrected chi connectivity index (χ2v) is 6.73. The summed E-state index contributed by atoms with van der Waals surface area (Å²) in [5.41, 5.74) is 0.140. The second kappa shape index (κ2) is 9.79. The van der Waals surface area contributed by atoms with Crippen molar-refractivity contribution in [3.8, 4) is 0 Å². The van der Waals surface area contributed by atoms with Gasteiger partial charge in [0, 0.05) is 18.8 Å². The number of nitrogens with one attached hydrogen (secondary N) is 1. The van der Waals surface area contributed by atoms with E-state index in [1.54, 1.807) is 25.7 Å². The first kappa shape index (κ1) is 21.5. The molecule has 7 nitrogen and oxygen atoms in total. The van der Waals surface area contributed by atoms with Gasteiger partial charge < -0.3 is 19.7 Å². The molecule has 1 aromatic rings. The Hall–Kier alpha value is -2.57. The lowest BCUT2D eigenvalue weighted by molar-refractivity contribution is -0.153. The van der Waals surface area contributed by atoms with Crippen molar-refractivity contribution in [1.82, 2.24) is 5.32 Å². The number of alkyl carbamates (subject to hydrolysis) is 1. The molecule has 144 valence electrons. The molecule has 2 amide bonds. The van der Waals surface area contributed by atoms with Crippen LogP contribution in [0.15, 0.2) is 30.3 Å². The highest BCUT2D eigenvalue weighted by Crippen LogP contribution is 2.15. The van der Waals surface area contributed by atoms with Gasteiger partial charge in [-0.15, -0.1) is 0 Å². The van der Waals surface area contributed by atoms with E-state index in [-0.39, 0.29) is 18.9 Å². The molecule has 0 saturated carbocycles. The van der Waals surface area contributed by atoms with E-state index in [0.29, 0.717) is 6.54 Å². The molecule has 0 unspecified atom stereocenters. The van der Waals surface area contributed by atoms with Crippen LogP contribution in [-0.2, 0) is 19.1 Å². The van der Waals surface area contributed by atoms with Crippen molar-refractivity contribution in [1.29, 1.82) is 0 Å². The molecular weight excluding hydrogens is 336 g/mol. The lowest BCUT2D eigenvalue weighted by atomic mass is 10.2. The van der Waals surface area contributed by atoms with E-state index in [9.17, 15) is 14.4 Å². The van der Waals surface area contributed by atoms with E-state index >= 15 is 0 Å². The third-order valence-corrected chi connectivity index (χ3v) is 3.30. The third kappa shape index (κ3) is 7.55. The van der Waals surface area contributed by atoms with E-state index in [2.05, 4.69) is 5.32 Å². The molecule has 26 heavy (non-hydrogen) atoms.